The van der Waals surface area contributed by atoms with Crippen LogP contribution in [-0.2, 0) is 4.84 Å². The van der Waals surface area contributed by atoms with Crippen LogP contribution in [0.1, 0.15) is 5.56 Å². The number of hydroxylamine groups is 1. The van der Waals surface area contributed by atoms with Crippen LogP contribution in [0.15, 0.2) is 30.3 Å². The molecule has 0 aromatic heterocycles. The number of rotatable bonds is 3. The van der Waals surface area contributed by atoms with Crippen LogP contribution in [0.2, 0.25) is 0 Å². The summed E-state index contributed by atoms with van der Waals surface area (Å²) < 4.78 is 0. The fourth-order valence-corrected chi connectivity index (χ4v) is 0.820. The Morgan fingerprint density at radius 1 is 1.38 bits per heavy atom. The highest BCUT2D eigenvalue weighted by molar-refractivity contribution is 5.73. The monoisotopic (exact) mass is 179 g/mol. The van der Waals surface area contributed by atoms with Gasteiger partial charge in [-0.1, -0.05) is 30.3 Å². The molecule has 4 nitrogen and oxygen atoms in total. The molecular weight excluding hydrogens is 168 g/mol. The minimum absolute atomic E-state index is 0.397. The molecule has 0 fully saturated rings. The maximum atomic E-state index is 10.8. The van der Waals surface area contributed by atoms with Crippen LogP contribution >= 0.6 is 0 Å². The lowest BCUT2D eigenvalue weighted by atomic mass is 10.2. The summed E-state index contributed by atoms with van der Waals surface area (Å²) in [6, 6.07) is 9.06. The van der Waals surface area contributed by atoms with Crippen LogP contribution in [0.25, 0.3) is 0 Å². The van der Waals surface area contributed by atoms with Gasteiger partial charge in [0, 0.05) is 0 Å². The second kappa shape index (κ2) is 5.16. The predicted molar refractivity (Wildman–Crippen MR) is 48.5 cm³/mol. The van der Waals surface area contributed by atoms with Crippen molar-refractivity contribution in [3.8, 4) is 0 Å². The van der Waals surface area contributed by atoms with Crippen LogP contribution in [0.4, 0.5) is 4.79 Å². The average molecular weight is 179 g/mol. The zero-order chi connectivity index (χ0) is 9.52. The third-order valence-corrected chi connectivity index (χ3v) is 1.36. The summed E-state index contributed by atoms with van der Waals surface area (Å²) in [7, 11) is 1.38. The molecule has 0 aliphatic rings. The van der Waals surface area contributed by atoms with Crippen molar-refractivity contribution in [2.75, 3.05) is 7.11 Å². The lowest BCUT2D eigenvalue weighted by molar-refractivity contribution is 0.109. The van der Waals surface area contributed by atoms with Crippen molar-refractivity contribution in [3.05, 3.63) is 42.4 Å². The van der Waals surface area contributed by atoms with E-state index in [4.69, 9.17) is 0 Å². The highest BCUT2D eigenvalue weighted by atomic mass is 16.6. The second-order valence-corrected chi connectivity index (χ2v) is 2.33. The van der Waals surface area contributed by atoms with Gasteiger partial charge in [0.05, 0.1) is 13.7 Å². The topological polar surface area (TPSA) is 50.4 Å². The normalized spacial score (nSPS) is 9.31. The van der Waals surface area contributed by atoms with E-state index in [-0.39, 0.29) is 0 Å². The first-order valence-electron chi connectivity index (χ1n) is 3.80. The summed E-state index contributed by atoms with van der Waals surface area (Å²) in [6.07, 6.45) is 0. The number of nitrogens with one attached hydrogen (secondary N) is 2. The van der Waals surface area contributed by atoms with Gasteiger partial charge in [-0.15, -0.1) is 0 Å². The van der Waals surface area contributed by atoms with Gasteiger partial charge in [0.1, 0.15) is 0 Å². The molecule has 4 heteroatoms. The number of benzene rings is 1. The van der Waals surface area contributed by atoms with Crippen LogP contribution in [-0.4, -0.2) is 13.1 Å². The van der Waals surface area contributed by atoms with Gasteiger partial charge in [-0.3, -0.25) is 4.84 Å². The van der Waals surface area contributed by atoms with Gasteiger partial charge < -0.3 is 5.32 Å². The van der Waals surface area contributed by atoms with Crippen molar-refractivity contribution in [2.45, 2.75) is 0 Å². The number of carbonyl (C=O) groups is 1. The van der Waals surface area contributed by atoms with Crippen LogP contribution in [0.3, 0.4) is 0 Å². The number of urea groups is 1. The molecule has 0 bridgehead atoms. The van der Waals surface area contributed by atoms with Crippen molar-refractivity contribution in [1.82, 2.24) is 10.8 Å². The Balaban J connectivity index is 2.31. The van der Waals surface area contributed by atoms with E-state index in [9.17, 15) is 4.79 Å². The Morgan fingerprint density at radius 3 is 2.69 bits per heavy atom. The quantitative estimate of drug-likeness (QED) is 0.681. The van der Waals surface area contributed by atoms with Crippen LogP contribution < -0.4 is 10.8 Å². The first kappa shape index (κ1) is 9.54. The third kappa shape index (κ3) is 3.57. The molecule has 0 heterocycles. The summed E-state index contributed by atoms with van der Waals surface area (Å²) in [6.45, 7) is 1.59. The molecule has 0 atom stereocenters. The molecule has 1 aromatic rings. The van der Waals surface area contributed by atoms with Crippen LogP contribution in [0, 0.1) is 6.54 Å². The molecule has 13 heavy (non-hydrogen) atoms. The Kier molecular flexibility index (Phi) is 3.78. The smallest absolute Gasteiger partial charge is 0.327 e. The minimum Gasteiger partial charge on any atom is -0.327 e. The summed E-state index contributed by atoms with van der Waals surface area (Å²) in [5.41, 5.74) is 3.06. The fraction of sp³-hybridized carbons (Fsp3) is 0.111. The predicted octanol–water partition coefficient (Wildman–Crippen LogP) is 1.06. The molecule has 0 spiro atoms. The standard InChI is InChI=1S/C9H11N2O2/c1-13-11-9(12)10-7-8-5-3-2-4-6-8/h2-7H,1H3,(H2,10,11,12). The molecule has 2 N–H and O–H groups in total. The first-order chi connectivity index (χ1) is 6.33. The van der Waals surface area contributed by atoms with Gasteiger partial charge >= 0.3 is 6.03 Å². The lowest BCUT2D eigenvalue weighted by Crippen LogP contribution is -2.33. The van der Waals surface area contributed by atoms with E-state index in [1.165, 1.54) is 7.11 Å². The highest BCUT2D eigenvalue weighted by Crippen LogP contribution is 1.98. The van der Waals surface area contributed by atoms with Crippen LogP contribution in [0.5, 0.6) is 0 Å². The molecule has 1 rings (SSSR count). The van der Waals surface area contributed by atoms with Gasteiger partial charge in [-0.2, -0.15) is 0 Å². The zero-order valence-electron chi connectivity index (χ0n) is 7.28. The number of hydrogen-bond acceptors (Lipinski definition) is 2. The average Bonchev–Trinajstić information content (AvgIpc) is 2.17. The second-order valence-electron chi connectivity index (χ2n) is 2.33. The van der Waals surface area contributed by atoms with E-state index in [0.717, 1.165) is 5.56 Å². The maximum absolute atomic E-state index is 10.8. The molecule has 1 radical (unpaired) electrons. The highest BCUT2D eigenvalue weighted by Gasteiger charge is 1.97. The largest absolute Gasteiger partial charge is 0.339 e. The van der Waals surface area contributed by atoms with Crippen molar-refractivity contribution in [3.63, 3.8) is 0 Å². The molecule has 1 aromatic carbocycles. The van der Waals surface area contributed by atoms with Crippen molar-refractivity contribution >= 4 is 6.03 Å². The Labute approximate surface area is 76.9 Å². The van der Waals surface area contributed by atoms with E-state index < -0.39 is 6.03 Å². The minimum atomic E-state index is -0.397. The van der Waals surface area contributed by atoms with Gasteiger partial charge in [0.15, 0.2) is 0 Å². The third-order valence-electron chi connectivity index (χ3n) is 1.36. The Morgan fingerprint density at radius 2 is 2.08 bits per heavy atom. The molecule has 0 unspecified atom stereocenters. The van der Waals surface area contributed by atoms with E-state index >= 15 is 0 Å². The molecular formula is C9H11N2O2. The first-order valence-corrected chi connectivity index (χ1v) is 3.80. The lowest BCUT2D eigenvalue weighted by Gasteiger charge is -2.03. The van der Waals surface area contributed by atoms with E-state index in [0.29, 0.717) is 0 Å². The van der Waals surface area contributed by atoms with Gasteiger partial charge in [-0.05, 0) is 5.56 Å². The maximum Gasteiger partial charge on any atom is 0.339 e. The number of amides is 2. The van der Waals surface area contributed by atoms with E-state index in [2.05, 4.69) is 15.6 Å². The number of hydrogen-bond donors (Lipinski definition) is 2. The molecule has 0 saturated carbocycles. The molecule has 69 valence electrons. The zero-order valence-corrected chi connectivity index (χ0v) is 7.28. The Bertz CT molecular complexity index is 262. The molecule has 0 saturated heterocycles. The summed E-state index contributed by atoms with van der Waals surface area (Å²) >= 11 is 0. The summed E-state index contributed by atoms with van der Waals surface area (Å²) in [5.74, 6) is 0. The number of carbonyl (C=O) groups excluding carboxylic acids is 1. The fourth-order valence-electron chi connectivity index (χ4n) is 0.820. The molecule has 0 aliphatic heterocycles. The summed E-state index contributed by atoms with van der Waals surface area (Å²) in [5, 5.41) is 2.50. The Hall–Kier alpha value is -1.55. The van der Waals surface area contributed by atoms with Gasteiger partial charge in [0.25, 0.3) is 0 Å². The van der Waals surface area contributed by atoms with Crippen molar-refractivity contribution in [2.24, 2.45) is 0 Å². The summed E-state index contributed by atoms with van der Waals surface area (Å²) in [4.78, 5) is 15.2. The van der Waals surface area contributed by atoms with E-state index in [1.54, 1.807) is 6.54 Å². The van der Waals surface area contributed by atoms with Gasteiger partial charge in [0.2, 0.25) is 0 Å². The van der Waals surface area contributed by atoms with Crippen molar-refractivity contribution in [1.29, 1.82) is 0 Å². The molecule has 0 aliphatic carbocycles. The van der Waals surface area contributed by atoms with Gasteiger partial charge in [-0.25, -0.2) is 10.3 Å². The van der Waals surface area contributed by atoms with Crippen molar-refractivity contribution < 1.29 is 9.63 Å². The SMILES string of the molecule is CONC(=O)N[CH]c1ccccc1. The van der Waals surface area contributed by atoms with E-state index in [1.807, 2.05) is 30.3 Å². The molecule has 2 amide bonds.